The summed E-state index contributed by atoms with van der Waals surface area (Å²) in [5.74, 6) is -0.107. The number of nitrogens with one attached hydrogen (secondary N) is 1. The topological polar surface area (TPSA) is 68.0 Å². The van der Waals surface area contributed by atoms with Crippen molar-refractivity contribution in [2.24, 2.45) is 5.73 Å². The number of rotatable bonds is 5. The van der Waals surface area contributed by atoms with Crippen LogP contribution >= 0.6 is 23.6 Å². The molecule has 0 saturated carbocycles. The number of nitrogens with zero attached hydrogens (tertiary/aromatic N) is 1. The highest BCUT2D eigenvalue weighted by Gasteiger charge is 2.05. The molecule has 0 radical (unpaired) electrons. The molecule has 6 heteroatoms. The van der Waals surface area contributed by atoms with Gasteiger partial charge in [-0.2, -0.15) is 0 Å². The number of carbonyl (C=O) groups is 1. The van der Waals surface area contributed by atoms with Crippen molar-refractivity contribution in [3.8, 4) is 0 Å². The van der Waals surface area contributed by atoms with Crippen molar-refractivity contribution in [1.29, 1.82) is 0 Å². The lowest BCUT2D eigenvalue weighted by molar-refractivity contribution is 0.0954. The molecule has 2 rings (SSSR count). The predicted octanol–water partition coefficient (Wildman–Crippen LogP) is 1.75. The molecule has 1 heterocycles. The highest BCUT2D eigenvalue weighted by Crippen LogP contribution is 2.05. The maximum Gasteiger partial charge on any atom is 0.251 e. The normalized spacial score (nSPS) is 10.1. The van der Waals surface area contributed by atoms with Gasteiger partial charge in [-0.05, 0) is 12.1 Å². The van der Waals surface area contributed by atoms with Gasteiger partial charge in [0.2, 0.25) is 0 Å². The molecule has 1 amide bonds. The van der Waals surface area contributed by atoms with E-state index in [9.17, 15) is 4.79 Å². The Hall–Kier alpha value is -1.79. The minimum absolute atomic E-state index is 0.107. The first-order valence-electron chi connectivity index (χ1n) is 5.72. The molecular weight excluding hydrogens is 278 g/mol. The Morgan fingerprint density at radius 1 is 1.32 bits per heavy atom. The molecule has 4 nitrogen and oxygen atoms in total. The van der Waals surface area contributed by atoms with Gasteiger partial charge in [0.1, 0.15) is 4.99 Å². The Labute approximate surface area is 120 Å². The number of thiazole rings is 1. The van der Waals surface area contributed by atoms with Crippen molar-refractivity contribution in [1.82, 2.24) is 10.3 Å². The van der Waals surface area contributed by atoms with Gasteiger partial charge in [-0.15, -0.1) is 11.3 Å². The zero-order valence-electron chi connectivity index (χ0n) is 10.1. The number of hydrogen-bond acceptors (Lipinski definition) is 4. The van der Waals surface area contributed by atoms with Gasteiger partial charge in [0, 0.05) is 29.5 Å². The van der Waals surface area contributed by atoms with Crippen molar-refractivity contribution >= 4 is 34.5 Å². The van der Waals surface area contributed by atoms with Gasteiger partial charge in [-0.1, -0.05) is 24.4 Å². The molecule has 1 aromatic carbocycles. The van der Waals surface area contributed by atoms with Crippen molar-refractivity contribution in [2.75, 3.05) is 6.54 Å². The smallest absolute Gasteiger partial charge is 0.251 e. The molecule has 0 unspecified atom stereocenters. The fraction of sp³-hybridized carbons (Fsp3) is 0.154. The highest BCUT2D eigenvalue weighted by atomic mass is 32.1. The third-order valence-corrected chi connectivity index (χ3v) is 3.45. The summed E-state index contributed by atoms with van der Waals surface area (Å²) in [6.45, 7) is 0.569. The van der Waals surface area contributed by atoms with E-state index in [1.54, 1.807) is 41.1 Å². The van der Waals surface area contributed by atoms with Crippen LogP contribution < -0.4 is 11.1 Å². The lowest BCUT2D eigenvalue weighted by atomic mass is 10.1. The van der Waals surface area contributed by atoms with Crippen LogP contribution in [0.3, 0.4) is 0 Å². The Kier molecular flexibility index (Phi) is 4.59. The minimum atomic E-state index is -0.107. The quantitative estimate of drug-likeness (QED) is 0.824. The zero-order valence-corrected chi connectivity index (χ0v) is 11.8. The Morgan fingerprint density at radius 2 is 2.00 bits per heavy atom. The molecule has 0 bridgehead atoms. The Balaban J connectivity index is 1.87. The summed E-state index contributed by atoms with van der Waals surface area (Å²) in [6.07, 6.45) is 0.736. The zero-order chi connectivity index (χ0) is 13.7. The first-order chi connectivity index (χ1) is 9.16. The molecule has 19 heavy (non-hydrogen) atoms. The van der Waals surface area contributed by atoms with E-state index in [1.165, 1.54) is 0 Å². The van der Waals surface area contributed by atoms with Crippen LogP contribution in [0.25, 0.3) is 0 Å². The number of nitrogens with two attached hydrogens (primary N) is 1. The van der Waals surface area contributed by atoms with E-state index in [-0.39, 0.29) is 5.91 Å². The van der Waals surface area contributed by atoms with Crippen molar-refractivity contribution < 1.29 is 4.79 Å². The van der Waals surface area contributed by atoms with Crippen molar-refractivity contribution in [2.45, 2.75) is 6.42 Å². The third kappa shape index (κ3) is 3.84. The third-order valence-electron chi connectivity index (χ3n) is 2.58. The van der Waals surface area contributed by atoms with Gasteiger partial charge >= 0.3 is 0 Å². The van der Waals surface area contributed by atoms with E-state index in [0.717, 1.165) is 17.7 Å². The van der Waals surface area contributed by atoms with Crippen LogP contribution in [-0.2, 0) is 6.42 Å². The lowest BCUT2D eigenvalue weighted by Gasteiger charge is -2.05. The first kappa shape index (κ1) is 13.6. The van der Waals surface area contributed by atoms with E-state index in [2.05, 4.69) is 10.3 Å². The van der Waals surface area contributed by atoms with Crippen LogP contribution in [0.4, 0.5) is 0 Å². The van der Waals surface area contributed by atoms with Gasteiger partial charge < -0.3 is 11.1 Å². The SMILES string of the molecule is NC(=S)c1ccc(C(=O)NCCc2cscn2)cc1. The molecule has 0 fully saturated rings. The lowest BCUT2D eigenvalue weighted by Crippen LogP contribution is -2.25. The summed E-state index contributed by atoms with van der Waals surface area (Å²) < 4.78 is 0. The predicted molar refractivity (Wildman–Crippen MR) is 80.5 cm³/mol. The Bertz CT molecular complexity index is 564. The molecule has 0 atom stereocenters. The van der Waals surface area contributed by atoms with E-state index in [4.69, 9.17) is 18.0 Å². The molecule has 3 N–H and O–H groups in total. The van der Waals surface area contributed by atoms with Crippen LogP contribution in [0.2, 0.25) is 0 Å². The molecule has 0 aliphatic heterocycles. The molecule has 0 aliphatic rings. The minimum Gasteiger partial charge on any atom is -0.389 e. The highest BCUT2D eigenvalue weighted by molar-refractivity contribution is 7.80. The molecule has 0 aliphatic carbocycles. The summed E-state index contributed by atoms with van der Waals surface area (Å²) in [7, 11) is 0. The second-order valence-electron chi connectivity index (χ2n) is 3.93. The van der Waals surface area contributed by atoms with Crippen molar-refractivity contribution in [3.05, 3.63) is 52.0 Å². The number of benzene rings is 1. The summed E-state index contributed by atoms with van der Waals surface area (Å²) >= 11 is 6.41. The van der Waals surface area contributed by atoms with Crippen LogP contribution in [0.5, 0.6) is 0 Å². The molecular formula is C13H13N3OS2. The van der Waals surface area contributed by atoms with E-state index < -0.39 is 0 Å². The second-order valence-corrected chi connectivity index (χ2v) is 5.09. The molecule has 1 aromatic heterocycles. The van der Waals surface area contributed by atoms with Crippen LogP contribution in [0.15, 0.2) is 35.2 Å². The van der Waals surface area contributed by atoms with Gasteiger partial charge in [-0.3, -0.25) is 4.79 Å². The fourth-order valence-corrected chi connectivity index (χ4v) is 2.28. The first-order valence-corrected chi connectivity index (χ1v) is 7.07. The van der Waals surface area contributed by atoms with E-state index in [0.29, 0.717) is 17.1 Å². The summed E-state index contributed by atoms with van der Waals surface area (Å²) in [6, 6.07) is 6.93. The van der Waals surface area contributed by atoms with Crippen LogP contribution in [0.1, 0.15) is 21.6 Å². The number of amides is 1. The number of thiocarbonyl (C=S) groups is 1. The maximum atomic E-state index is 11.9. The van der Waals surface area contributed by atoms with Gasteiger partial charge in [0.25, 0.3) is 5.91 Å². The molecule has 0 saturated heterocycles. The number of hydrogen-bond donors (Lipinski definition) is 2. The fourth-order valence-electron chi connectivity index (χ4n) is 1.55. The summed E-state index contributed by atoms with van der Waals surface area (Å²) in [5, 5.41) is 4.82. The molecule has 2 aromatic rings. The second kappa shape index (κ2) is 6.40. The van der Waals surface area contributed by atoms with Crippen molar-refractivity contribution in [3.63, 3.8) is 0 Å². The average Bonchev–Trinajstić information content (AvgIpc) is 2.92. The monoisotopic (exact) mass is 291 g/mol. The van der Waals surface area contributed by atoms with Gasteiger partial charge in [0.05, 0.1) is 11.2 Å². The van der Waals surface area contributed by atoms with Gasteiger partial charge in [-0.25, -0.2) is 4.98 Å². The molecule has 98 valence electrons. The summed E-state index contributed by atoms with van der Waals surface area (Å²) in [5.41, 5.74) is 9.63. The maximum absolute atomic E-state index is 11.9. The standard InChI is InChI=1S/C13H13N3OS2/c14-12(18)9-1-3-10(4-2-9)13(17)15-6-5-11-7-19-8-16-11/h1-4,7-8H,5-6H2,(H2,14,18)(H,15,17). The molecule has 0 spiro atoms. The number of carbonyl (C=O) groups excluding carboxylic acids is 1. The largest absolute Gasteiger partial charge is 0.389 e. The van der Waals surface area contributed by atoms with Gasteiger partial charge in [0.15, 0.2) is 0 Å². The number of aromatic nitrogens is 1. The van der Waals surface area contributed by atoms with Crippen LogP contribution in [0, 0.1) is 0 Å². The van der Waals surface area contributed by atoms with E-state index >= 15 is 0 Å². The van der Waals surface area contributed by atoms with Crippen LogP contribution in [-0.4, -0.2) is 22.4 Å². The Morgan fingerprint density at radius 3 is 2.58 bits per heavy atom. The average molecular weight is 291 g/mol. The summed E-state index contributed by atoms with van der Waals surface area (Å²) in [4.78, 5) is 16.3. The van der Waals surface area contributed by atoms with E-state index in [1.807, 2.05) is 5.38 Å².